The van der Waals surface area contributed by atoms with Crippen LogP contribution in [0, 0.1) is 5.82 Å². The van der Waals surface area contributed by atoms with E-state index in [1.54, 1.807) is 27.7 Å². The molecule has 7 heteroatoms. The smallest absolute Gasteiger partial charge is 0.399 e. The Bertz CT molecular complexity index is 510. The van der Waals surface area contributed by atoms with Crippen molar-refractivity contribution in [3.05, 3.63) is 29.6 Å². The first kappa shape index (κ1) is 15.3. The van der Waals surface area contributed by atoms with E-state index in [-0.39, 0.29) is 5.46 Å². The number of alkyl halides is 3. The molecule has 0 spiro atoms. The van der Waals surface area contributed by atoms with Crippen LogP contribution in [-0.2, 0) is 15.5 Å². The first-order valence-electron chi connectivity index (χ1n) is 6.17. The fraction of sp³-hybridized carbons (Fsp3) is 0.538. The minimum Gasteiger partial charge on any atom is -0.399 e. The lowest BCUT2D eigenvalue weighted by Gasteiger charge is -2.32. The van der Waals surface area contributed by atoms with E-state index in [4.69, 9.17) is 9.31 Å². The summed E-state index contributed by atoms with van der Waals surface area (Å²) in [6.07, 6.45) is -4.75. The maximum atomic E-state index is 14.0. The third kappa shape index (κ3) is 2.44. The highest BCUT2D eigenvalue weighted by Crippen LogP contribution is 2.37. The van der Waals surface area contributed by atoms with Gasteiger partial charge in [-0.15, -0.1) is 0 Å². The lowest BCUT2D eigenvalue weighted by molar-refractivity contribution is -0.139. The Balaban J connectivity index is 2.42. The highest BCUT2D eigenvalue weighted by Gasteiger charge is 2.53. The maximum absolute atomic E-state index is 14.0. The van der Waals surface area contributed by atoms with Crippen molar-refractivity contribution in [2.24, 2.45) is 0 Å². The van der Waals surface area contributed by atoms with Crippen LogP contribution >= 0.6 is 0 Å². The van der Waals surface area contributed by atoms with Gasteiger partial charge in [0, 0.05) is 5.46 Å². The van der Waals surface area contributed by atoms with Gasteiger partial charge in [-0.05, 0) is 33.8 Å². The molecule has 110 valence electrons. The fourth-order valence-corrected chi connectivity index (χ4v) is 1.92. The molecule has 0 unspecified atom stereocenters. The van der Waals surface area contributed by atoms with E-state index in [0.717, 1.165) is 6.07 Å². The van der Waals surface area contributed by atoms with Crippen LogP contribution in [0.3, 0.4) is 0 Å². The van der Waals surface area contributed by atoms with Gasteiger partial charge in [-0.1, -0.05) is 12.1 Å². The zero-order chi connectivity index (χ0) is 15.3. The summed E-state index contributed by atoms with van der Waals surface area (Å²) in [6, 6.07) is 3.09. The number of rotatable bonds is 1. The van der Waals surface area contributed by atoms with Gasteiger partial charge < -0.3 is 9.31 Å². The van der Waals surface area contributed by atoms with Gasteiger partial charge in [-0.25, -0.2) is 4.39 Å². The van der Waals surface area contributed by atoms with Crippen LogP contribution in [0.2, 0.25) is 0 Å². The molecule has 1 aromatic rings. The van der Waals surface area contributed by atoms with Crippen molar-refractivity contribution < 1.29 is 26.9 Å². The number of hydrogen-bond donors (Lipinski definition) is 0. The Kier molecular flexibility index (Phi) is 3.42. The van der Waals surface area contributed by atoms with Crippen LogP contribution in [0.15, 0.2) is 18.2 Å². The normalized spacial score (nSPS) is 21.3. The summed E-state index contributed by atoms with van der Waals surface area (Å²) >= 11 is 0. The highest BCUT2D eigenvalue weighted by molar-refractivity contribution is 6.62. The Morgan fingerprint density at radius 1 is 1.00 bits per heavy atom. The molecule has 0 atom stereocenters. The van der Waals surface area contributed by atoms with Crippen molar-refractivity contribution in [1.29, 1.82) is 0 Å². The molecule has 2 nitrogen and oxygen atoms in total. The monoisotopic (exact) mass is 290 g/mol. The average Bonchev–Trinajstić information content (AvgIpc) is 2.46. The molecular weight excluding hydrogens is 275 g/mol. The molecule has 0 aliphatic carbocycles. The fourth-order valence-electron chi connectivity index (χ4n) is 1.92. The molecule has 0 saturated carbocycles. The van der Waals surface area contributed by atoms with Gasteiger partial charge in [-0.2, -0.15) is 13.2 Å². The summed E-state index contributed by atoms with van der Waals surface area (Å²) in [6.45, 7) is 6.99. The van der Waals surface area contributed by atoms with E-state index in [1.165, 1.54) is 6.07 Å². The van der Waals surface area contributed by atoms with Gasteiger partial charge in [0.1, 0.15) is 5.82 Å². The first-order chi connectivity index (χ1) is 8.96. The van der Waals surface area contributed by atoms with Gasteiger partial charge >= 0.3 is 13.3 Å². The predicted octanol–water partition coefficient (Wildman–Crippen LogP) is 3.14. The molecular formula is C13H15BF4O2. The lowest BCUT2D eigenvalue weighted by atomic mass is 9.77. The molecule has 1 aliphatic heterocycles. The van der Waals surface area contributed by atoms with E-state index >= 15 is 0 Å². The molecule has 1 fully saturated rings. The molecule has 1 saturated heterocycles. The maximum Gasteiger partial charge on any atom is 0.497 e. The molecule has 1 aromatic carbocycles. The predicted molar refractivity (Wildman–Crippen MR) is 67.1 cm³/mol. The Morgan fingerprint density at radius 3 is 1.95 bits per heavy atom. The van der Waals surface area contributed by atoms with Crippen molar-refractivity contribution in [3.63, 3.8) is 0 Å². The Labute approximate surface area is 115 Å². The van der Waals surface area contributed by atoms with E-state index in [1.807, 2.05) is 0 Å². The minimum absolute atomic E-state index is 0.238. The lowest BCUT2D eigenvalue weighted by Crippen LogP contribution is -2.41. The number of benzene rings is 1. The first-order valence-corrected chi connectivity index (χ1v) is 6.17. The van der Waals surface area contributed by atoms with Crippen LogP contribution in [0.1, 0.15) is 33.3 Å². The van der Waals surface area contributed by atoms with Crippen molar-refractivity contribution in [1.82, 2.24) is 0 Å². The van der Waals surface area contributed by atoms with Gasteiger partial charge in [0.25, 0.3) is 0 Å². The van der Waals surface area contributed by atoms with E-state index in [0.29, 0.717) is 6.07 Å². The zero-order valence-corrected chi connectivity index (χ0v) is 11.6. The third-order valence-electron chi connectivity index (χ3n) is 3.84. The van der Waals surface area contributed by atoms with Crippen LogP contribution in [0.4, 0.5) is 17.6 Å². The second kappa shape index (κ2) is 4.46. The van der Waals surface area contributed by atoms with E-state index < -0.39 is 35.9 Å². The van der Waals surface area contributed by atoms with Crippen molar-refractivity contribution in [3.8, 4) is 0 Å². The summed E-state index contributed by atoms with van der Waals surface area (Å²) in [5.74, 6) is -1.35. The highest BCUT2D eigenvalue weighted by atomic mass is 19.4. The zero-order valence-electron chi connectivity index (χ0n) is 11.6. The molecule has 1 heterocycles. The van der Waals surface area contributed by atoms with Crippen LogP contribution in [0.5, 0.6) is 0 Å². The summed E-state index contributed by atoms with van der Waals surface area (Å²) in [5.41, 5.74) is -3.03. The van der Waals surface area contributed by atoms with Gasteiger partial charge in [0.2, 0.25) is 0 Å². The number of halogens is 4. The number of hydrogen-bond acceptors (Lipinski definition) is 2. The van der Waals surface area contributed by atoms with Gasteiger partial charge in [-0.3, -0.25) is 0 Å². The molecule has 0 radical (unpaired) electrons. The quantitative estimate of drug-likeness (QED) is 0.584. The summed E-state index contributed by atoms with van der Waals surface area (Å²) in [7, 11) is -1.15. The summed E-state index contributed by atoms with van der Waals surface area (Å²) in [4.78, 5) is 0. The topological polar surface area (TPSA) is 18.5 Å². The average molecular weight is 290 g/mol. The molecule has 0 amide bonds. The van der Waals surface area contributed by atoms with Crippen LogP contribution < -0.4 is 5.46 Å². The molecule has 0 aromatic heterocycles. The minimum atomic E-state index is -4.75. The molecule has 0 N–H and O–H groups in total. The summed E-state index contributed by atoms with van der Waals surface area (Å²) < 4.78 is 63.3. The Morgan fingerprint density at radius 2 is 1.50 bits per heavy atom. The third-order valence-corrected chi connectivity index (χ3v) is 3.84. The van der Waals surface area contributed by atoms with Gasteiger partial charge in [0.05, 0.1) is 16.8 Å². The molecule has 0 bridgehead atoms. The van der Waals surface area contributed by atoms with Gasteiger partial charge in [0.15, 0.2) is 0 Å². The van der Waals surface area contributed by atoms with Crippen molar-refractivity contribution in [2.75, 3.05) is 0 Å². The second-order valence-corrected chi connectivity index (χ2v) is 5.79. The SMILES string of the molecule is CC1(C)OB(c2cccc(C(F)(F)F)c2F)OC1(C)C. The standard InChI is InChI=1S/C13H15BF4O2/c1-11(2)12(3,4)20-14(19-11)9-7-5-6-8(10(9)15)13(16,17)18/h5-7H,1-4H3. The second-order valence-electron chi connectivity index (χ2n) is 5.79. The van der Waals surface area contributed by atoms with E-state index in [9.17, 15) is 17.6 Å². The molecule has 2 rings (SSSR count). The molecule has 20 heavy (non-hydrogen) atoms. The summed E-state index contributed by atoms with van der Waals surface area (Å²) in [5, 5.41) is 0. The van der Waals surface area contributed by atoms with Crippen LogP contribution in [-0.4, -0.2) is 18.3 Å². The van der Waals surface area contributed by atoms with E-state index in [2.05, 4.69) is 0 Å². The molecule has 1 aliphatic rings. The van der Waals surface area contributed by atoms with Crippen LogP contribution in [0.25, 0.3) is 0 Å². The van der Waals surface area contributed by atoms with Crippen molar-refractivity contribution >= 4 is 12.6 Å². The Hall–Kier alpha value is -1.08. The van der Waals surface area contributed by atoms with Crippen molar-refractivity contribution in [2.45, 2.75) is 45.1 Å². The largest absolute Gasteiger partial charge is 0.497 e.